The van der Waals surface area contributed by atoms with Gasteiger partial charge >= 0.3 is 0 Å². The molecule has 24 heavy (non-hydrogen) atoms. The Morgan fingerprint density at radius 2 is 2.00 bits per heavy atom. The van der Waals surface area contributed by atoms with Crippen molar-refractivity contribution < 1.29 is 24.1 Å². The van der Waals surface area contributed by atoms with Crippen LogP contribution in [-0.4, -0.2) is 57.6 Å². The first-order valence-electron chi connectivity index (χ1n) is 8.48. The molecule has 1 saturated heterocycles. The van der Waals surface area contributed by atoms with Gasteiger partial charge in [0.25, 0.3) is 0 Å². The van der Waals surface area contributed by atoms with Crippen molar-refractivity contribution in [3.05, 3.63) is 35.9 Å². The normalized spacial score (nSPS) is 19.8. The highest BCUT2D eigenvalue weighted by Crippen LogP contribution is 2.21. The van der Waals surface area contributed by atoms with Crippen LogP contribution in [0.1, 0.15) is 24.8 Å². The SMILES string of the molecule is COCCO.NCCCOC1CCC(COCc2ccccc2)O1. The fraction of sp³-hybridized carbons (Fsp3) is 0.667. The number of benzene rings is 1. The van der Waals surface area contributed by atoms with Gasteiger partial charge in [-0.05, 0) is 24.9 Å². The minimum atomic E-state index is -0.0723. The molecule has 0 spiro atoms. The van der Waals surface area contributed by atoms with Crippen LogP contribution in [0.15, 0.2) is 30.3 Å². The van der Waals surface area contributed by atoms with E-state index in [-0.39, 0.29) is 19.0 Å². The molecule has 0 radical (unpaired) electrons. The third-order valence-electron chi connectivity index (χ3n) is 3.43. The highest BCUT2D eigenvalue weighted by molar-refractivity contribution is 5.13. The minimum absolute atomic E-state index is 0.0723. The number of nitrogens with two attached hydrogens (primary N) is 1. The molecular formula is C18H31NO5. The van der Waals surface area contributed by atoms with Crippen molar-refractivity contribution in [1.29, 1.82) is 0 Å². The summed E-state index contributed by atoms with van der Waals surface area (Å²) in [6, 6.07) is 10.2. The number of methoxy groups -OCH3 is 1. The van der Waals surface area contributed by atoms with Crippen LogP contribution in [0.5, 0.6) is 0 Å². The maximum atomic E-state index is 7.94. The van der Waals surface area contributed by atoms with E-state index in [0.29, 0.717) is 33.0 Å². The van der Waals surface area contributed by atoms with E-state index in [1.54, 1.807) is 7.11 Å². The predicted molar refractivity (Wildman–Crippen MR) is 92.6 cm³/mol. The van der Waals surface area contributed by atoms with Gasteiger partial charge in [0.05, 0.1) is 39.1 Å². The molecule has 2 atom stereocenters. The zero-order valence-electron chi connectivity index (χ0n) is 14.6. The molecule has 1 aromatic rings. The number of aliphatic hydroxyl groups is 1. The molecule has 3 N–H and O–H groups in total. The molecular weight excluding hydrogens is 310 g/mol. The fourth-order valence-electron chi connectivity index (χ4n) is 2.19. The van der Waals surface area contributed by atoms with E-state index in [2.05, 4.69) is 16.9 Å². The second kappa shape index (κ2) is 14.3. The van der Waals surface area contributed by atoms with E-state index in [4.69, 9.17) is 25.1 Å². The lowest BCUT2D eigenvalue weighted by Crippen LogP contribution is -2.19. The predicted octanol–water partition coefficient (Wildman–Crippen LogP) is 1.70. The molecule has 6 heteroatoms. The Morgan fingerprint density at radius 3 is 2.62 bits per heavy atom. The van der Waals surface area contributed by atoms with Crippen LogP contribution in [0.2, 0.25) is 0 Å². The first-order chi connectivity index (χ1) is 11.8. The van der Waals surface area contributed by atoms with Gasteiger partial charge in [0.15, 0.2) is 6.29 Å². The van der Waals surface area contributed by atoms with Gasteiger partial charge in [0, 0.05) is 13.5 Å². The van der Waals surface area contributed by atoms with Crippen molar-refractivity contribution in [3.8, 4) is 0 Å². The molecule has 6 nitrogen and oxygen atoms in total. The molecule has 0 amide bonds. The zero-order chi connectivity index (χ0) is 17.5. The van der Waals surface area contributed by atoms with E-state index in [9.17, 15) is 0 Å². The Bertz CT molecular complexity index is 388. The van der Waals surface area contributed by atoms with Crippen LogP contribution in [0.25, 0.3) is 0 Å². The second-order valence-corrected chi connectivity index (χ2v) is 5.50. The molecule has 1 fully saturated rings. The van der Waals surface area contributed by atoms with Crippen molar-refractivity contribution in [2.24, 2.45) is 5.73 Å². The van der Waals surface area contributed by atoms with E-state index in [1.807, 2.05) is 18.2 Å². The van der Waals surface area contributed by atoms with Crippen LogP contribution in [0, 0.1) is 0 Å². The summed E-state index contributed by atoms with van der Waals surface area (Å²) >= 11 is 0. The highest BCUT2D eigenvalue weighted by Gasteiger charge is 2.25. The smallest absolute Gasteiger partial charge is 0.158 e. The lowest BCUT2D eigenvalue weighted by molar-refractivity contribution is -0.145. The quantitative estimate of drug-likeness (QED) is 0.630. The molecule has 1 aliphatic rings. The van der Waals surface area contributed by atoms with Crippen molar-refractivity contribution in [3.63, 3.8) is 0 Å². The van der Waals surface area contributed by atoms with Gasteiger partial charge in [-0.1, -0.05) is 30.3 Å². The number of hydrogen-bond donors (Lipinski definition) is 2. The van der Waals surface area contributed by atoms with Crippen LogP contribution in [-0.2, 0) is 25.6 Å². The molecule has 0 aliphatic carbocycles. The Balaban J connectivity index is 0.000000505. The monoisotopic (exact) mass is 341 g/mol. The molecule has 138 valence electrons. The maximum Gasteiger partial charge on any atom is 0.158 e. The molecule has 0 bridgehead atoms. The molecule has 2 unspecified atom stereocenters. The molecule has 1 aromatic carbocycles. The Morgan fingerprint density at radius 1 is 1.21 bits per heavy atom. The van der Waals surface area contributed by atoms with Gasteiger partial charge in [-0.15, -0.1) is 0 Å². The summed E-state index contributed by atoms with van der Waals surface area (Å²) in [7, 11) is 1.55. The van der Waals surface area contributed by atoms with Gasteiger partial charge in [0.1, 0.15) is 0 Å². The third-order valence-corrected chi connectivity index (χ3v) is 3.43. The first kappa shape index (κ1) is 21.0. The van der Waals surface area contributed by atoms with Gasteiger partial charge in [-0.3, -0.25) is 0 Å². The van der Waals surface area contributed by atoms with E-state index < -0.39 is 0 Å². The van der Waals surface area contributed by atoms with Gasteiger partial charge in [-0.2, -0.15) is 0 Å². The number of rotatable bonds is 10. The van der Waals surface area contributed by atoms with Crippen molar-refractivity contribution >= 4 is 0 Å². The molecule has 1 aliphatic heterocycles. The Labute approximate surface area is 144 Å². The fourth-order valence-corrected chi connectivity index (χ4v) is 2.19. The summed E-state index contributed by atoms with van der Waals surface area (Å²) in [4.78, 5) is 0. The van der Waals surface area contributed by atoms with Crippen LogP contribution < -0.4 is 5.73 Å². The largest absolute Gasteiger partial charge is 0.394 e. The lowest BCUT2D eigenvalue weighted by Gasteiger charge is -2.14. The van der Waals surface area contributed by atoms with E-state index in [1.165, 1.54) is 5.56 Å². The van der Waals surface area contributed by atoms with E-state index in [0.717, 1.165) is 19.3 Å². The number of hydrogen-bond acceptors (Lipinski definition) is 6. The zero-order valence-corrected chi connectivity index (χ0v) is 14.6. The highest BCUT2D eigenvalue weighted by atomic mass is 16.7. The summed E-state index contributed by atoms with van der Waals surface area (Å²) in [5, 5.41) is 7.94. The Kier molecular flexibility index (Phi) is 12.6. The van der Waals surface area contributed by atoms with Crippen molar-refractivity contribution in [2.75, 3.05) is 40.1 Å². The van der Waals surface area contributed by atoms with Gasteiger partial charge in [0.2, 0.25) is 0 Å². The van der Waals surface area contributed by atoms with Crippen LogP contribution >= 0.6 is 0 Å². The summed E-state index contributed by atoms with van der Waals surface area (Å²) in [6.07, 6.45) is 2.92. The lowest BCUT2D eigenvalue weighted by atomic mass is 10.2. The Hall–Kier alpha value is -1.02. The van der Waals surface area contributed by atoms with Gasteiger partial charge in [-0.25, -0.2) is 0 Å². The minimum Gasteiger partial charge on any atom is -0.394 e. The van der Waals surface area contributed by atoms with Gasteiger partial charge < -0.3 is 29.8 Å². The third kappa shape index (κ3) is 9.97. The van der Waals surface area contributed by atoms with Crippen LogP contribution in [0.3, 0.4) is 0 Å². The number of aliphatic hydroxyl groups excluding tert-OH is 1. The first-order valence-corrected chi connectivity index (χ1v) is 8.48. The topological polar surface area (TPSA) is 83.2 Å². The average molecular weight is 341 g/mol. The maximum absolute atomic E-state index is 7.94. The second-order valence-electron chi connectivity index (χ2n) is 5.50. The molecule has 1 heterocycles. The standard InChI is InChI=1S/C15H23NO3.C3H8O2/c16-9-4-10-18-15-8-7-14(19-15)12-17-11-13-5-2-1-3-6-13;1-5-3-2-4/h1-3,5-6,14-15H,4,7-12,16H2;4H,2-3H2,1H3. The van der Waals surface area contributed by atoms with Crippen molar-refractivity contribution in [2.45, 2.75) is 38.3 Å². The summed E-state index contributed by atoms with van der Waals surface area (Å²) in [6.45, 7) is 3.18. The molecule has 0 aromatic heterocycles. The summed E-state index contributed by atoms with van der Waals surface area (Å²) in [5.41, 5.74) is 6.61. The number of ether oxygens (including phenoxy) is 4. The van der Waals surface area contributed by atoms with E-state index >= 15 is 0 Å². The van der Waals surface area contributed by atoms with Crippen molar-refractivity contribution in [1.82, 2.24) is 0 Å². The summed E-state index contributed by atoms with van der Waals surface area (Å²) < 4.78 is 21.5. The molecule has 2 rings (SSSR count). The molecule has 0 saturated carbocycles. The summed E-state index contributed by atoms with van der Waals surface area (Å²) in [5.74, 6) is 0. The average Bonchev–Trinajstić information content (AvgIpc) is 3.05. The van der Waals surface area contributed by atoms with Crippen LogP contribution in [0.4, 0.5) is 0 Å².